The third kappa shape index (κ3) is 3.34. The highest BCUT2D eigenvalue weighted by Crippen LogP contribution is 2.32. The van der Waals surface area contributed by atoms with Crippen LogP contribution in [0, 0.1) is 0 Å². The number of hydrogen-bond donors (Lipinski definition) is 0. The number of aryl methyl sites for hydroxylation is 1. The van der Waals surface area contributed by atoms with Crippen molar-refractivity contribution in [2.45, 2.75) is 31.0 Å². The molecule has 1 atom stereocenters. The topological polar surface area (TPSA) is 59.2 Å². The summed E-state index contributed by atoms with van der Waals surface area (Å²) in [5, 5.41) is 10.5. The Labute approximate surface area is 154 Å². The molecule has 1 amide bonds. The molecular formula is C18H17N3O2S2. The number of thiophene rings is 1. The molecule has 25 heavy (non-hydrogen) atoms. The Morgan fingerprint density at radius 3 is 3.04 bits per heavy atom. The molecule has 1 aliphatic rings. The number of para-hydroxylation sites is 1. The first-order valence-corrected chi connectivity index (χ1v) is 9.99. The first kappa shape index (κ1) is 16.4. The lowest BCUT2D eigenvalue weighted by Crippen LogP contribution is -2.43. The van der Waals surface area contributed by atoms with E-state index in [1.165, 1.54) is 17.3 Å². The molecule has 0 saturated heterocycles. The number of nitrogens with zero attached hydrogens (tertiary/aromatic N) is 3. The number of benzene rings is 1. The van der Waals surface area contributed by atoms with Crippen molar-refractivity contribution < 1.29 is 9.21 Å². The Kier molecular flexibility index (Phi) is 4.59. The highest BCUT2D eigenvalue weighted by molar-refractivity contribution is 7.99. The number of rotatable bonds is 4. The van der Waals surface area contributed by atoms with E-state index in [1.54, 1.807) is 11.3 Å². The fraction of sp³-hybridized carbons (Fsp3) is 0.278. The third-order valence-corrected chi connectivity index (χ3v) is 5.91. The van der Waals surface area contributed by atoms with Crippen molar-refractivity contribution in [1.82, 2.24) is 10.2 Å². The highest BCUT2D eigenvalue weighted by atomic mass is 32.2. The molecule has 0 bridgehead atoms. The molecule has 0 N–H and O–H groups in total. The van der Waals surface area contributed by atoms with Gasteiger partial charge in [-0.2, -0.15) is 0 Å². The maximum absolute atomic E-state index is 12.8. The summed E-state index contributed by atoms with van der Waals surface area (Å²) in [6.07, 6.45) is 2.00. The molecule has 0 unspecified atom stereocenters. The van der Waals surface area contributed by atoms with E-state index in [-0.39, 0.29) is 17.7 Å². The molecule has 1 aliphatic heterocycles. The van der Waals surface area contributed by atoms with Gasteiger partial charge >= 0.3 is 0 Å². The quantitative estimate of drug-likeness (QED) is 0.642. The Balaban J connectivity index is 1.46. The minimum Gasteiger partial charge on any atom is -0.410 e. The van der Waals surface area contributed by atoms with Crippen LogP contribution in [-0.4, -0.2) is 27.9 Å². The van der Waals surface area contributed by atoms with Gasteiger partial charge in [0.1, 0.15) is 0 Å². The van der Waals surface area contributed by atoms with Crippen LogP contribution >= 0.6 is 23.1 Å². The van der Waals surface area contributed by atoms with Crippen LogP contribution < -0.4 is 4.90 Å². The van der Waals surface area contributed by atoms with E-state index in [1.807, 2.05) is 40.6 Å². The molecule has 3 heterocycles. The second-order valence-corrected chi connectivity index (χ2v) is 7.79. The standard InChI is InChI=1S/C18H17N3O2S2/c1-12-8-9-13-5-2-3-6-14(13)21(12)16(22)11-25-18-20-19-17(23-18)15-7-4-10-24-15/h2-7,10,12H,8-9,11H2,1H3/t12-/m0/s1. The molecule has 4 rings (SSSR count). The summed E-state index contributed by atoms with van der Waals surface area (Å²) in [5.41, 5.74) is 2.26. The first-order chi connectivity index (χ1) is 12.2. The average molecular weight is 371 g/mol. The summed E-state index contributed by atoms with van der Waals surface area (Å²) in [4.78, 5) is 15.6. The summed E-state index contributed by atoms with van der Waals surface area (Å²) in [5.74, 6) is 0.854. The van der Waals surface area contributed by atoms with Crippen molar-refractivity contribution in [2.24, 2.45) is 0 Å². The van der Waals surface area contributed by atoms with Gasteiger partial charge in [0.15, 0.2) is 0 Å². The molecule has 0 radical (unpaired) electrons. The predicted octanol–water partition coefficient (Wildman–Crippen LogP) is 4.26. The van der Waals surface area contributed by atoms with Crippen LogP contribution in [0.4, 0.5) is 5.69 Å². The van der Waals surface area contributed by atoms with E-state index < -0.39 is 0 Å². The maximum atomic E-state index is 12.8. The lowest BCUT2D eigenvalue weighted by molar-refractivity contribution is -0.116. The van der Waals surface area contributed by atoms with Gasteiger partial charge in [-0.3, -0.25) is 4.79 Å². The molecule has 5 nitrogen and oxygen atoms in total. The molecule has 7 heteroatoms. The van der Waals surface area contributed by atoms with Crippen LogP contribution in [0.1, 0.15) is 18.9 Å². The molecule has 3 aromatic rings. The second-order valence-electron chi connectivity index (χ2n) is 5.92. The van der Waals surface area contributed by atoms with E-state index in [2.05, 4.69) is 23.2 Å². The summed E-state index contributed by atoms with van der Waals surface area (Å²) in [6.45, 7) is 2.10. The van der Waals surface area contributed by atoms with E-state index in [0.717, 1.165) is 23.4 Å². The van der Waals surface area contributed by atoms with Crippen LogP contribution in [0.15, 0.2) is 51.4 Å². The van der Waals surface area contributed by atoms with Gasteiger partial charge in [0, 0.05) is 11.7 Å². The fourth-order valence-corrected chi connectivity index (χ4v) is 4.30. The number of carbonyl (C=O) groups excluding carboxylic acids is 1. The molecule has 0 saturated carbocycles. The number of carbonyl (C=O) groups is 1. The molecule has 0 aliphatic carbocycles. The largest absolute Gasteiger partial charge is 0.410 e. The first-order valence-electron chi connectivity index (χ1n) is 8.12. The van der Waals surface area contributed by atoms with E-state index in [4.69, 9.17) is 4.42 Å². The Bertz CT molecular complexity index is 876. The van der Waals surface area contributed by atoms with E-state index >= 15 is 0 Å². The maximum Gasteiger partial charge on any atom is 0.277 e. The fourth-order valence-electron chi connectivity index (χ4n) is 3.03. The van der Waals surface area contributed by atoms with E-state index in [9.17, 15) is 4.79 Å². The Morgan fingerprint density at radius 2 is 2.20 bits per heavy atom. The summed E-state index contributed by atoms with van der Waals surface area (Å²) < 4.78 is 5.64. The zero-order valence-electron chi connectivity index (χ0n) is 13.7. The number of fused-ring (bicyclic) bond motifs is 1. The monoisotopic (exact) mass is 371 g/mol. The minimum absolute atomic E-state index is 0.0699. The number of anilines is 1. The summed E-state index contributed by atoms with van der Waals surface area (Å²) in [7, 11) is 0. The normalized spacial score (nSPS) is 16.7. The average Bonchev–Trinajstić information content (AvgIpc) is 3.31. The van der Waals surface area contributed by atoms with Gasteiger partial charge in [-0.25, -0.2) is 0 Å². The minimum atomic E-state index is 0.0699. The second kappa shape index (κ2) is 7.01. The van der Waals surface area contributed by atoms with Gasteiger partial charge in [-0.1, -0.05) is 36.0 Å². The molecule has 0 fully saturated rings. The van der Waals surface area contributed by atoms with Crippen LogP contribution in [0.25, 0.3) is 10.8 Å². The van der Waals surface area contributed by atoms with E-state index in [0.29, 0.717) is 11.1 Å². The smallest absolute Gasteiger partial charge is 0.277 e. The predicted molar refractivity (Wildman–Crippen MR) is 100 cm³/mol. The van der Waals surface area contributed by atoms with Crippen molar-refractivity contribution in [3.63, 3.8) is 0 Å². The summed E-state index contributed by atoms with van der Waals surface area (Å²) in [6, 6.07) is 12.2. The lowest BCUT2D eigenvalue weighted by atomic mass is 9.97. The van der Waals surface area contributed by atoms with Gasteiger partial charge in [-0.05, 0) is 42.8 Å². The number of amides is 1. The van der Waals surface area contributed by atoms with Crippen LogP contribution in [0.3, 0.4) is 0 Å². The Morgan fingerprint density at radius 1 is 1.32 bits per heavy atom. The van der Waals surface area contributed by atoms with Crippen molar-refractivity contribution in [3.05, 3.63) is 47.3 Å². The lowest BCUT2D eigenvalue weighted by Gasteiger charge is -2.35. The van der Waals surface area contributed by atoms with Crippen molar-refractivity contribution >= 4 is 34.7 Å². The zero-order chi connectivity index (χ0) is 17.2. The molecular weight excluding hydrogens is 354 g/mol. The number of thioether (sulfide) groups is 1. The molecule has 1 aromatic carbocycles. The van der Waals surface area contributed by atoms with Gasteiger partial charge in [-0.15, -0.1) is 21.5 Å². The van der Waals surface area contributed by atoms with Crippen molar-refractivity contribution in [3.8, 4) is 10.8 Å². The van der Waals surface area contributed by atoms with Crippen LogP contribution in [0.2, 0.25) is 0 Å². The van der Waals surface area contributed by atoms with Crippen molar-refractivity contribution in [2.75, 3.05) is 10.7 Å². The highest BCUT2D eigenvalue weighted by Gasteiger charge is 2.28. The van der Waals surface area contributed by atoms with Crippen molar-refractivity contribution in [1.29, 1.82) is 0 Å². The molecule has 128 valence electrons. The summed E-state index contributed by atoms with van der Waals surface area (Å²) >= 11 is 2.84. The van der Waals surface area contributed by atoms with Crippen LogP contribution in [-0.2, 0) is 11.2 Å². The van der Waals surface area contributed by atoms with Gasteiger partial charge < -0.3 is 9.32 Å². The molecule has 2 aromatic heterocycles. The Hall–Kier alpha value is -2.12. The number of aromatic nitrogens is 2. The zero-order valence-corrected chi connectivity index (χ0v) is 15.3. The van der Waals surface area contributed by atoms with Crippen LogP contribution in [0.5, 0.6) is 0 Å². The number of hydrogen-bond acceptors (Lipinski definition) is 6. The van der Waals surface area contributed by atoms with Gasteiger partial charge in [0.2, 0.25) is 5.91 Å². The van der Waals surface area contributed by atoms with Gasteiger partial charge in [0.05, 0.1) is 10.6 Å². The third-order valence-electron chi connectivity index (χ3n) is 4.25. The van der Waals surface area contributed by atoms with Gasteiger partial charge in [0.25, 0.3) is 11.1 Å². The SMILES string of the molecule is C[C@H]1CCc2ccccc2N1C(=O)CSc1nnc(-c2cccs2)o1. The molecule has 0 spiro atoms.